The molecule has 0 radical (unpaired) electrons. The van der Waals surface area contributed by atoms with Crippen molar-refractivity contribution in [1.82, 2.24) is 9.55 Å². The molecule has 0 aliphatic heterocycles. The first-order valence-electron chi connectivity index (χ1n) is 7.28. The summed E-state index contributed by atoms with van der Waals surface area (Å²) in [5, 5.41) is 21.1. The summed E-state index contributed by atoms with van der Waals surface area (Å²) in [5.41, 5.74) is -0.383. The molecule has 1 saturated carbocycles. The van der Waals surface area contributed by atoms with Gasteiger partial charge in [0, 0.05) is 29.6 Å². The summed E-state index contributed by atoms with van der Waals surface area (Å²) in [6.07, 6.45) is 2.71. The van der Waals surface area contributed by atoms with Crippen molar-refractivity contribution in [2.24, 2.45) is 5.92 Å². The Morgan fingerprint density at radius 1 is 1.36 bits per heavy atom. The predicted octanol–water partition coefficient (Wildman–Crippen LogP) is 0.960. The largest absolute Gasteiger partial charge is 0.396 e. The number of thiophene rings is 1. The van der Waals surface area contributed by atoms with E-state index in [1.165, 1.54) is 15.9 Å². The van der Waals surface area contributed by atoms with Crippen molar-refractivity contribution in [3.8, 4) is 10.4 Å². The predicted molar refractivity (Wildman–Crippen MR) is 84.1 cm³/mol. The van der Waals surface area contributed by atoms with Gasteiger partial charge in [-0.15, -0.1) is 11.3 Å². The standard InChI is InChI=1S/C15H18N2O4S/c18-8-9-3-4-10(6-12(9)19)17-7-11(13-2-1-5-22-13)14(20)16-15(17)21/h1-2,5,7,9-10,12,18-19H,3-4,6,8H2,(H,16,20,21). The zero-order chi connectivity index (χ0) is 15.7. The van der Waals surface area contributed by atoms with E-state index in [0.717, 1.165) is 4.88 Å². The number of nitrogens with zero attached hydrogens (tertiary/aromatic N) is 1. The van der Waals surface area contributed by atoms with Crippen LogP contribution in [0.1, 0.15) is 25.3 Å². The van der Waals surface area contributed by atoms with E-state index in [1.807, 2.05) is 17.5 Å². The maximum absolute atomic E-state index is 12.1. The summed E-state index contributed by atoms with van der Waals surface area (Å²) in [6.45, 7) is -0.0468. The van der Waals surface area contributed by atoms with Crippen LogP contribution in [0, 0.1) is 5.92 Å². The number of aliphatic hydroxyl groups excluding tert-OH is 2. The van der Waals surface area contributed by atoms with Gasteiger partial charge in [0.25, 0.3) is 5.56 Å². The highest BCUT2D eigenvalue weighted by Gasteiger charge is 2.30. The van der Waals surface area contributed by atoms with Crippen molar-refractivity contribution in [2.75, 3.05) is 6.61 Å². The third-order valence-corrected chi connectivity index (χ3v) is 5.21. The summed E-state index contributed by atoms with van der Waals surface area (Å²) in [4.78, 5) is 27.3. The fraction of sp³-hybridized carbons (Fsp3) is 0.467. The lowest BCUT2D eigenvalue weighted by molar-refractivity contribution is 0.0176. The molecule has 0 spiro atoms. The highest BCUT2D eigenvalue weighted by Crippen LogP contribution is 2.32. The van der Waals surface area contributed by atoms with E-state index >= 15 is 0 Å². The SMILES string of the molecule is O=c1[nH]c(=O)n(C2CCC(CO)C(O)C2)cc1-c1cccs1. The van der Waals surface area contributed by atoms with Crippen LogP contribution >= 0.6 is 11.3 Å². The van der Waals surface area contributed by atoms with Crippen LogP contribution in [0.5, 0.6) is 0 Å². The summed E-state index contributed by atoms with van der Waals surface area (Å²) >= 11 is 1.44. The Balaban J connectivity index is 1.96. The van der Waals surface area contributed by atoms with Crippen molar-refractivity contribution in [3.63, 3.8) is 0 Å². The van der Waals surface area contributed by atoms with Crippen LogP contribution in [0.3, 0.4) is 0 Å². The molecule has 0 aromatic carbocycles. The number of hydrogen-bond acceptors (Lipinski definition) is 5. The average Bonchev–Trinajstić information content (AvgIpc) is 3.01. The van der Waals surface area contributed by atoms with Crippen LogP contribution in [-0.4, -0.2) is 32.5 Å². The molecule has 2 aromatic rings. The van der Waals surface area contributed by atoms with Gasteiger partial charge in [-0.2, -0.15) is 0 Å². The Kier molecular flexibility index (Phi) is 4.28. The Labute approximate surface area is 130 Å². The van der Waals surface area contributed by atoms with Gasteiger partial charge in [-0.25, -0.2) is 4.79 Å². The lowest BCUT2D eigenvalue weighted by atomic mass is 9.84. The van der Waals surface area contributed by atoms with Crippen LogP contribution in [0.15, 0.2) is 33.3 Å². The molecular weight excluding hydrogens is 304 g/mol. The van der Waals surface area contributed by atoms with Gasteiger partial charge in [0.2, 0.25) is 0 Å². The lowest BCUT2D eigenvalue weighted by Gasteiger charge is -2.32. The normalized spacial score (nSPS) is 25.3. The Hall–Kier alpha value is -1.70. The summed E-state index contributed by atoms with van der Waals surface area (Å²) < 4.78 is 1.51. The minimum atomic E-state index is -0.632. The van der Waals surface area contributed by atoms with Gasteiger partial charge in [-0.05, 0) is 30.7 Å². The Morgan fingerprint density at radius 3 is 2.82 bits per heavy atom. The number of aromatic nitrogens is 2. The third-order valence-electron chi connectivity index (χ3n) is 4.31. The minimum absolute atomic E-state index is 0.0468. The quantitative estimate of drug-likeness (QED) is 0.784. The highest BCUT2D eigenvalue weighted by molar-refractivity contribution is 7.13. The first-order valence-corrected chi connectivity index (χ1v) is 8.16. The molecule has 3 N–H and O–H groups in total. The van der Waals surface area contributed by atoms with E-state index in [0.29, 0.717) is 24.8 Å². The summed E-state index contributed by atoms with van der Waals surface area (Å²) in [7, 11) is 0. The molecule has 118 valence electrons. The molecule has 7 heteroatoms. The van der Waals surface area contributed by atoms with Gasteiger partial charge >= 0.3 is 5.69 Å². The number of nitrogens with one attached hydrogen (secondary N) is 1. The Bertz CT molecular complexity index is 750. The van der Waals surface area contributed by atoms with Crippen LogP contribution < -0.4 is 11.2 Å². The van der Waals surface area contributed by atoms with Gasteiger partial charge in [0.1, 0.15) is 0 Å². The van der Waals surface area contributed by atoms with Crippen LogP contribution in [-0.2, 0) is 0 Å². The lowest BCUT2D eigenvalue weighted by Crippen LogP contribution is -2.38. The van der Waals surface area contributed by atoms with Gasteiger partial charge in [0.05, 0.1) is 11.7 Å². The molecule has 1 aliphatic carbocycles. The number of rotatable bonds is 3. The van der Waals surface area contributed by atoms with Crippen molar-refractivity contribution in [3.05, 3.63) is 44.5 Å². The van der Waals surface area contributed by atoms with Crippen molar-refractivity contribution in [2.45, 2.75) is 31.4 Å². The van der Waals surface area contributed by atoms with Crippen LogP contribution in [0.4, 0.5) is 0 Å². The zero-order valence-corrected chi connectivity index (χ0v) is 12.8. The fourth-order valence-corrected chi connectivity index (χ4v) is 3.75. The van der Waals surface area contributed by atoms with Crippen molar-refractivity contribution >= 4 is 11.3 Å². The number of H-pyrrole nitrogens is 1. The maximum Gasteiger partial charge on any atom is 0.328 e. The first-order chi connectivity index (χ1) is 10.6. The molecule has 1 fully saturated rings. The van der Waals surface area contributed by atoms with E-state index in [9.17, 15) is 19.8 Å². The summed E-state index contributed by atoms with van der Waals surface area (Å²) in [6, 6.07) is 3.52. The maximum atomic E-state index is 12.1. The molecule has 22 heavy (non-hydrogen) atoms. The molecular formula is C15H18N2O4S. The number of aliphatic hydroxyl groups is 2. The van der Waals surface area contributed by atoms with E-state index in [1.54, 1.807) is 6.20 Å². The van der Waals surface area contributed by atoms with E-state index < -0.39 is 17.4 Å². The molecule has 1 aliphatic rings. The molecule has 2 heterocycles. The summed E-state index contributed by atoms with van der Waals surface area (Å²) in [5.74, 6) is -0.133. The second-order valence-corrected chi connectivity index (χ2v) is 6.61. The second kappa shape index (κ2) is 6.20. The van der Waals surface area contributed by atoms with Crippen molar-refractivity contribution in [1.29, 1.82) is 0 Å². The molecule has 0 amide bonds. The van der Waals surface area contributed by atoms with E-state index in [4.69, 9.17) is 0 Å². The number of aromatic amines is 1. The molecule has 0 saturated heterocycles. The molecule has 3 unspecified atom stereocenters. The second-order valence-electron chi connectivity index (χ2n) is 5.66. The van der Waals surface area contributed by atoms with Crippen LogP contribution in [0.2, 0.25) is 0 Å². The van der Waals surface area contributed by atoms with Gasteiger partial charge < -0.3 is 10.2 Å². The third kappa shape index (κ3) is 2.79. The van der Waals surface area contributed by atoms with Crippen molar-refractivity contribution < 1.29 is 10.2 Å². The topological polar surface area (TPSA) is 95.3 Å². The molecule has 3 atom stereocenters. The minimum Gasteiger partial charge on any atom is -0.396 e. The molecule has 0 bridgehead atoms. The zero-order valence-electron chi connectivity index (χ0n) is 11.9. The van der Waals surface area contributed by atoms with E-state index in [-0.39, 0.29) is 18.6 Å². The molecule has 2 aromatic heterocycles. The van der Waals surface area contributed by atoms with Gasteiger partial charge in [-0.1, -0.05) is 6.07 Å². The first kappa shape index (κ1) is 15.2. The molecule has 3 rings (SSSR count). The fourth-order valence-electron chi connectivity index (χ4n) is 3.02. The van der Waals surface area contributed by atoms with Gasteiger partial charge in [0.15, 0.2) is 0 Å². The Morgan fingerprint density at radius 2 is 2.18 bits per heavy atom. The smallest absolute Gasteiger partial charge is 0.328 e. The average molecular weight is 322 g/mol. The highest BCUT2D eigenvalue weighted by atomic mass is 32.1. The van der Waals surface area contributed by atoms with Crippen LogP contribution in [0.25, 0.3) is 10.4 Å². The van der Waals surface area contributed by atoms with Gasteiger partial charge in [-0.3, -0.25) is 14.3 Å². The van der Waals surface area contributed by atoms with E-state index in [2.05, 4.69) is 4.98 Å². The number of hydrogen-bond donors (Lipinski definition) is 3. The monoisotopic (exact) mass is 322 g/mol. The molecule has 6 nitrogen and oxygen atoms in total.